The smallest absolute Gasteiger partial charge is 0.264 e. The fraction of sp³-hybridized carbons (Fsp3) is 0.100. The van der Waals surface area contributed by atoms with Gasteiger partial charge in [0.15, 0.2) is 5.17 Å². The zero-order valence-electron chi connectivity index (χ0n) is 13.9. The number of carbonyl (C=O) groups is 1. The molecule has 2 aromatic carbocycles. The second-order valence-corrected chi connectivity index (χ2v) is 6.44. The molecule has 3 rings (SSSR count). The van der Waals surface area contributed by atoms with Gasteiger partial charge in [0.2, 0.25) is 0 Å². The molecule has 25 heavy (non-hydrogen) atoms. The number of benzene rings is 2. The first kappa shape index (κ1) is 17.0. The van der Waals surface area contributed by atoms with Crippen LogP contribution in [0.3, 0.4) is 0 Å². The molecule has 126 valence electrons. The highest BCUT2D eigenvalue weighted by atomic mass is 32.2. The van der Waals surface area contributed by atoms with Crippen LogP contribution >= 0.6 is 11.8 Å². The number of carbonyl (C=O) groups excluding carboxylic acids is 1. The third-order valence-electron chi connectivity index (χ3n) is 3.55. The summed E-state index contributed by atoms with van der Waals surface area (Å²) in [5, 5.41) is 3.39. The number of thioether (sulfide) groups is 1. The highest BCUT2D eigenvalue weighted by molar-refractivity contribution is 8.18. The van der Waals surface area contributed by atoms with Gasteiger partial charge in [0.1, 0.15) is 12.4 Å². The predicted octanol–water partition coefficient (Wildman–Crippen LogP) is 4.45. The van der Waals surface area contributed by atoms with Crippen molar-refractivity contribution >= 4 is 34.6 Å². The van der Waals surface area contributed by atoms with Crippen molar-refractivity contribution < 1.29 is 9.53 Å². The lowest BCUT2D eigenvalue weighted by Gasteiger charge is -2.06. The molecule has 1 aliphatic heterocycles. The minimum Gasteiger partial charge on any atom is -0.489 e. The van der Waals surface area contributed by atoms with Crippen molar-refractivity contribution in [3.8, 4) is 5.75 Å². The second-order valence-electron chi connectivity index (χ2n) is 5.41. The first-order valence-corrected chi connectivity index (χ1v) is 8.67. The molecule has 2 aromatic rings. The number of ether oxygens (including phenoxy) is 1. The van der Waals surface area contributed by atoms with Gasteiger partial charge in [-0.15, -0.1) is 0 Å². The minimum atomic E-state index is -0.157. The first-order valence-electron chi connectivity index (χ1n) is 7.85. The molecule has 0 bridgehead atoms. The average molecular weight is 350 g/mol. The molecule has 1 heterocycles. The van der Waals surface area contributed by atoms with Gasteiger partial charge in [-0.1, -0.05) is 49.1 Å². The van der Waals surface area contributed by atoms with Gasteiger partial charge in [-0.25, -0.2) is 4.99 Å². The van der Waals surface area contributed by atoms with Crippen molar-refractivity contribution in [1.29, 1.82) is 0 Å². The Bertz CT molecular complexity index is 872. The van der Waals surface area contributed by atoms with E-state index in [2.05, 4.69) is 16.9 Å². The summed E-state index contributed by atoms with van der Waals surface area (Å²) in [4.78, 5) is 17.4. The monoisotopic (exact) mass is 350 g/mol. The Balaban J connectivity index is 1.85. The second kappa shape index (κ2) is 7.85. The van der Waals surface area contributed by atoms with E-state index in [9.17, 15) is 4.79 Å². The number of nitrogens with one attached hydrogen (secondary N) is 1. The van der Waals surface area contributed by atoms with E-state index in [-0.39, 0.29) is 5.91 Å². The van der Waals surface area contributed by atoms with E-state index in [0.717, 1.165) is 16.8 Å². The zero-order valence-corrected chi connectivity index (χ0v) is 14.7. The average Bonchev–Trinajstić information content (AvgIpc) is 2.95. The third kappa shape index (κ3) is 4.19. The van der Waals surface area contributed by atoms with Crippen LogP contribution in [0.2, 0.25) is 0 Å². The van der Waals surface area contributed by atoms with Crippen LogP contribution in [0.5, 0.6) is 5.75 Å². The summed E-state index contributed by atoms with van der Waals surface area (Å²) in [6.45, 7) is 6.06. The van der Waals surface area contributed by atoms with Crippen molar-refractivity contribution in [2.45, 2.75) is 6.92 Å². The Kier molecular flexibility index (Phi) is 5.36. The predicted molar refractivity (Wildman–Crippen MR) is 104 cm³/mol. The van der Waals surface area contributed by atoms with Crippen LogP contribution in [0.1, 0.15) is 11.1 Å². The summed E-state index contributed by atoms with van der Waals surface area (Å²) < 4.78 is 5.64. The standard InChI is InChI=1S/C20H18N2O2S/c1-3-12-24-17-11-7-5-9-15(17)13-18-19(23)22-20(25-18)21-16-10-6-4-8-14(16)2/h3-11,13H,1,12H2,2H3,(H,21,22,23). The summed E-state index contributed by atoms with van der Waals surface area (Å²) in [7, 11) is 0. The molecule has 0 unspecified atom stereocenters. The first-order chi connectivity index (χ1) is 12.2. The van der Waals surface area contributed by atoms with E-state index in [1.807, 2.05) is 61.5 Å². The van der Waals surface area contributed by atoms with Crippen molar-refractivity contribution in [2.24, 2.45) is 4.99 Å². The van der Waals surface area contributed by atoms with Crippen LogP contribution in [0.15, 0.2) is 71.1 Å². The zero-order chi connectivity index (χ0) is 17.6. The Hall–Kier alpha value is -2.79. The number of aryl methyl sites for hydroxylation is 1. The van der Waals surface area contributed by atoms with Crippen LogP contribution in [0.4, 0.5) is 5.69 Å². The maximum Gasteiger partial charge on any atom is 0.264 e. The number of amides is 1. The normalized spacial score (nSPS) is 16.9. The van der Waals surface area contributed by atoms with Gasteiger partial charge < -0.3 is 10.1 Å². The molecule has 0 saturated carbocycles. The number of rotatable bonds is 5. The molecule has 4 nitrogen and oxygen atoms in total. The van der Waals surface area contributed by atoms with E-state index in [0.29, 0.717) is 22.4 Å². The molecule has 1 aliphatic rings. The minimum absolute atomic E-state index is 0.157. The summed E-state index contributed by atoms with van der Waals surface area (Å²) >= 11 is 1.32. The number of hydrogen-bond acceptors (Lipinski definition) is 4. The lowest BCUT2D eigenvalue weighted by Crippen LogP contribution is -2.19. The van der Waals surface area contributed by atoms with Gasteiger partial charge in [0.25, 0.3) is 5.91 Å². The van der Waals surface area contributed by atoms with Crippen molar-refractivity contribution in [2.75, 3.05) is 6.61 Å². The topological polar surface area (TPSA) is 50.7 Å². The maximum absolute atomic E-state index is 12.3. The molecular weight excluding hydrogens is 332 g/mol. The molecule has 1 saturated heterocycles. The molecule has 1 N–H and O–H groups in total. The van der Waals surface area contributed by atoms with E-state index in [1.54, 1.807) is 6.08 Å². The summed E-state index contributed by atoms with van der Waals surface area (Å²) in [5.41, 5.74) is 2.76. The summed E-state index contributed by atoms with van der Waals surface area (Å²) in [6.07, 6.45) is 3.51. The van der Waals surface area contributed by atoms with Crippen LogP contribution in [0.25, 0.3) is 6.08 Å². The fourth-order valence-corrected chi connectivity index (χ4v) is 3.13. The molecule has 0 aromatic heterocycles. The highest BCUT2D eigenvalue weighted by Crippen LogP contribution is 2.31. The van der Waals surface area contributed by atoms with Gasteiger partial charge in [-0.05, 0) is 42.5 Å². The van der Waals surface area contributed by atoms with Crippen LogP contribution in [0, 0.1) is 6.92 Å². The van der Waals surface area contributed by atoms with E-state index >= 15 is 0 Å². The Labute approximate surface area is 151 Å². The number of para-hydroxylation sites is 2. The third-order valence-corrected chi connectivity index (χ3v) is 4.46. The summed E-state index contributed by atoms with van der Waals surface area (Å²) in [6, 6.07) is 15.4. The molecule has 0 atom stereocenters. The lowest BCUT2D eigenvalue weighted by atomic mass is 10.2. The summed E-state index contributed by atoms with van der Waals surface area (Å²) in [5.74, 6) is 0.559. The Morgan fingerprint density at radius 3 is 2.76 bits per heavy atom. The molecule has 0 radical (unpaired) electrons. The molecule has 0 aliphatic carbocycles. The van der Waals surface area contributed by atoms with Crippen molar-refractivity contribution in [1.82, 2.24) is 5.32 Å². The van der Waals surface area contributed by atoms with Crippen LogP contribution in [-0.4, -0.2) is 17.7 Å². The van der Waals surface area contributed by atoms with Crippen molar-refractivity contribution in [3.63, 3.8) is 0 Å². The Morgan fingerprint density at radius 2 is 1.96 bits per heavy atom. The van der Waals surface area contributed by atoms with E-state index < -0.39 is 0 Å². The molecular formula is C20H18N2O2S. The number of nitrogens with zero attached hydrogens (tertiary/aromatic N) is 1. The fourth-order valence-electron chi connectivity index (χ4n) is 2.30. The van der Waals surface area contributed by atoms with Gasteiger partial charge in [-0.2, -0.15) is 0 Å². The maximum atomic E-state index is 12.3. The van der Waals surface area contributed by atoms with E-state index in [1.165, 1.54) is 11.8 Å². The Morgan fingerprint density at radius 1 is 1.20 bits per heavy atom. The van der Waals surface area contributed by atoms with Gasteiger partial charge in [-0.3, -0.25) is 4.79 Å². The van der Waals surface area contributed by atoms with Gasteiger partial charge in [0, 0.05) is 5.56 Å². The number of aliphatic imine (C=N–C) groups is 1. The SMILES string of the molecule is C=CCOc1ccccc1C=C1SC(=Nc2ccccc2C)NC1=O. The molecule has 5 heteroatoms. The van der Waals surface area contributed by atoms with Crippen LogP contribution in [-0.2, 0) is 4.79 Å². The molecule has 1 fully saturated rings. The van der Waals surface area contributed by atoms with Gasteiger partial charge in [0.05, 0.1) is 10.6 Å². The molecule has 1 amide bonds. The van der Waals surface area contributed by atoms with E-state index in [4.69, 9.17) is 4.74 Å². The van der Waals surface area contributed by atoms with Crippen molar-refractivity contribution in [3.05, 3.63) is 77.2 Å². The van der Waals surface area contributed by atoms with Crippen LogP contribution < -0.4 is 10.1 Å². The number of hydrogen-bond donors (Lipinski definition) is 1. The number of amidine groups is 1. The highest BCUT2D eigenvalue weighted by Gasteiger charge is 2.24. The van der Waals surface area contributed by atoms with Gasteiger partial charge >= 0.3 is 0 Å². The lowest BCUT2D eigenvalue weighted by molar-refractivity contribution is -0.115. The quantitative estimate of drug-likeness (QED) is 0.640. The largest absolute Gasteiger partial charge is 0.489 e. The molecule has 0 spiro atoms.